The van der Waals surface area contributed by atoms with Crippen LogP contribution in [0, 0.1) is 35.0 Å². The zero-order valence-corrected chi connectivity index (χ0v) is 10.6. The molecule has 0 aromatic heterocycles. The van der Waals surface area contributed by atoms with E-state index in [9.17, 15) is 26.7 Å². The van der Waals surface area contributed by atoms with E-state index in [1.54, 1.807) is 0 Å². The highest BCUT2D eigenvalue weighted by Crippen LogP contribution is 2.23. The molecule has 2 N–H and O–H groups in total. The fourth-order valence-corrected chi connectivity index (χ4v) is 1.63. The van der Waals surface area contributed by atoms with Crippen molar-refractivity contribution in [1.29, 1.82) is 0 Å². The van der Waals surface area contributed by atoms with E-state index in [1.807, 2.05) is 0 Å². The summed E-state index contributed by atoms with van der Waals surface area (Å²) in [6, 6.07) is -1.18. The van der Waals surface area contributed by atoms with Gasteiger partial charge >= 0.3 is 5.97 Å². The van der Waals surface area contributed by atoms with Gasteiger partial charge in [0, 0.05) is 12.1 Å². The lowest BCUT2D eigenvalue weighted by Gasteiger charge is -2.18. The van der Waals surface area contributed by atoms with E-state index >= 15 is 0 Å². The van der Waals surface area contributed by atoms with Crippen LogP contribution in [-0.2, 0) is 11.3 Å². The van der Waals surface area contributed by atoms with Crippen molar-refractivity contribution >= 4 is 5.97 Å². The third kappa shape index (κ3) is 3.06. The summed E-state index contributed by atoms with van der Waals surface area (Å²) in [5.74, 6) is -12.0. The summed E-state index contributed by atoms with van der Waals surface area (Å²) in [4.78, 5) is 10.9. The number of rotatable bonds is 5. The molecule has 0 saturated heterocycles. The molecule has 112 valence electrons. The number of carboxylic acid groups (broad SMARTS) is 1. The lowest BCUT2D eigenvalue weighted by molar-refractivity contribution is -0.140. The normalized spacial score (nSPS) is 12.8. The molecule has 0 heterocycles. The molecular weight excluding hydrogens is 285 g/mol. The second-order valence-electron chi connectivity index (χ2n) is 4.49. The minimum Gasteiger partial charge on any atom is -0.480 e. The molecule has 0 spiro atoms. The fraction of sp³-hybridized carbons (Fsp3) is 0.417. The molecule has 0 fully saturated rings. The van der Waals surface area contributed by atoms with Gasteiger partial charge in [0.25, 0.3) is 0 Å². The maximum Gasteiger partial charge on any atom is 0.320 e. The number of hydrogen-bond acceptors (Lipinski definition) is 2. The monoisotopic (exact) mass is 297 g/mol. The zero-order chi connectivity index (χ0) is 15.6. The van der Waals surface area contributed by atoms with Crippen LogP contribution in [-0.4, -0.2) is 17.1 Å². The molecule has 0 saturated carbocycles. The van der Waals surface area contributed by atoms with Gasteiger partial charge in [0.05, 0.1) is 0 Å². The Morgan fingerprint density at radius 1 is 1.00 bits per heavy atom. The number of carbonyl (C=O) groups is 1. The Morgan fingerprint density at radius 2 is 1.40 bits per heavy atom. The van der Waals surface area contributed by atoms with Crippen LogP contribution in [0.25, 0.3) is 0 Å². The smallest absolute Gasteiger partial charge is 0.320 e. The highest BCUT2D eigenvalue weighted by molar-refractivity contribution is 5.73. The number of carboxylic acids is 1. The minimum absolute atomic E-state index is 0.436. The van der Waals surface area contributed by atoms with Gasteiger partial charge in [-0.1, -0.05) is 13.8 Å². The van der Waals surface area contributed by atoms with E-state index < -0.39 is 59.1 Å². The number of aliphatic carboxylic acids is 1. The third-order valence-corrected chi connectivity index (χ3v) is 2.73. The Hall–Kier alpha value is -1.70. The van der Waals surface area contributed by atoms with Crippen LogP contribution in [0.15, 0.2) is 0 Å². The highest BCUT2D eigenvalue weighted by Gasteiger charge is 2.27. The summed E-state index contributed by atoms with van der Waals surface area (Å²) in [6.07, 6.45) is 0. The van der Waals surface area contributed by atoms with Crippen molar-refractivity contribution in [2.24, 2.45) is 5.92 Å². The molecule has 3 nitrogen and oxygen atoms in total. The summed E-state index contributed by atoms with van der Waals surface area (Å²) in [7, 11) is 0. The molecular formula is C12H12F5NO2. The summed E-state index contributed by atoms with van der Waals surface area (Å²) in [5.41, 5.74) is -1.09. The molecule has 0 aliphatic carbocycles. The Balaban J connectivity index is 3.08. The van der Waals surface area contributed by atoms with E-state index in [0.29, 0.717) is 0 Å². The van der Waals surface area contributed by atoms with Crippen molar-refractivity contribution in [2.45, 2.75) is 26.4 Å². The SMILES string of the molecule is CC(C)C(NCc1c(F)c(F)c(F)c(F)c1F)C(=O)O. The second-order valence-corrected chi connectivity index (χ2v) is 4.49. The molecule has 0 aliphatic heterocycles. The molecule has 1 atom stereocenters. The van der Waals surface area contributed by atoms with E-state index in [2.05, 4.69) is 5.32 Å². The first-order chi connectivity index (χ1) is 9.18. The van der Waals surface area contributed by atoms with Crippen LogP contribution < -0.4 is 5.32 Å². The molecule has 0 aliphatic rings. The van der Waals surface area contributed by atoms with Crippen molar-refractivity contribution < 1.29 is 31.9 Å². The first-order valence-corrected chi connectivity index (χ1v) is 5.65. The van der Waals surface area contributed by atoms with Crippen LogP contribution in [0.4, 0.5) is 22.0 Å². The molecule has 0 amide bonds. The quantitative estimate of drug-likeness (QED) is 0.499. The van der Waals surface area contributed by atoms with Crippen molar-refractivity contribution in [3.05, 3.63) is 34.6 Å². The molecule has 0 radical (unpaired) electrons. The molecule has 20 heavy (non-hydrogen) atoms. The second kappa shape index (κ2) is 6.17. The first kappa shape index (κ1) is 16.4. The largest absolute Gasteiger partial charge is 0.480 e. The molecule has 8 heteroatoms. The lowest BCUT2D eigenvalue weighted by Crippen LogP contribution is -2.40. The zero-order valence-electron chi connectivity index (χ0n) is 10.6. The van der Waals surface area contributed by atoms with Crippen LogP contribution in [0.5, 0.6) is 0 Å². The van der Waals surface area contributed by atoms with E-state index in [1.165, 1.54) is 13.8 Å². The lowest BCUT2D eigenvalue weighted by atomic mass is 10.0. The molecule has 1 rings (SSSR count). The van der Waals surface area contributed by atoms with Gasteiger partial charge in [-0.2, -0.15) is 0 Å². The molecule has 1 unspecified atom stereocenters. The van der Waals surface area contributed by atoms with E-state index in [-0.39, 0.29) is 0 Å². The summed E-state index contributed by atoms with van der Waals surface area (Å²) < 4.78 is 65.4. The third-order valence-electron chi connectivity index (χ3n) is 2.73. The van der Waals surface area contributed by atoms with Crippen LogP contribution in [0.3, 0.4) is 0 Å². The maximum absolute atomic E-state index is 13.3. The standard InChI is InChI=1S/C12H12F5NO2/c1-4(2)11(12(19)20)18-3-5-6(13)8(15)10(17)9(16)7(5)14/h4,11,18H,3H2,1-2H3,(H,19,20). The molecule has 1 aromatic carbocycles. The van der Waals surface area contributed by atoms with Gasteiger partial charge in [0.15, 0.2) is 23.3 Å². The number of halogens is 5. The van der Waals surface area contributed by atoms with Crippen molar-refractivity contribution in [2.75, 3.05) is 0 Å². The van der Waals surface area contributed by atoms with Gasteiger partial charge in [-0.15, -0.1) is 0 Å². The van der Waals surface area contributed by atoms with Gasteiger partial charge in [-0.05, 0) is 5.92 Å². The summed E-state index contributed by atoms with van der Waals surface area (Å²) in [5, 5.41) is 11.1. The van der Waals surface area contributed by atoms with Gasteiger partial charge < -0.3 is 5.11 Å². The predicted molar refractivity (Wildman–Crippen MR) is 59.3 cm³/mol. The van der Waals surface area contributed by atoms with Crippen molar-refractivity contribution in [1.82, 2.24) is 5.32 Å². The Morgan fingerprint density at radius 3 is 1.75 bits per heavy atom. The Labute approximate surface area is 111 Å². The van der Waals surface area contributed by atoms with E-state index in [0.717, 1.165) is 0 Å². The maximum atomic E-state index is 13.3. The topological polar surface area (TPSA) is 49.3 Å². The average Bonchev–Trinajstić information content (AvgIpc) is 2.37. The highest BCUT2D eigenvalue weighted by atomic mass is 19.2. The average molecular weight is 297 g/mol. The van der Waals surface area contributed by atoms with Crippen LogP contribution >= 0.6 is 0 Å². The fourth-order valence-electron chi connectivity index (χ4n) is 1.63. The van der Waals surface area contributed by atoms with Gasteiger partial charge in [0.2, 0.25) is 5.82 Å². The van der Waals surface area contributed by atoms with Gasteiger partial charge in [-0.3, -0.25) is 10.1 Å². The summed E-state index contributed by atoms with van der Waals surface area (Å²) in [6.45, 7) is 2.27. The Bertz CT molecular complexity index is 504. The Kier molecular flexibility index (Phi) is 5.04. The number of hydrogen-bond donors (Lipinski definition) is 2. The van der Waals surface area contributed by atoms with Crippen molar-refractivity contribution in [3.63, 3.8) is 0 Å². The minimum atomic E-state index is -2.25. The van der Waals surface area contributed by atoms with Gasteiger partial charge in [-0.25, -0.2) is 22.0 Å². The van der Waals surface area contributed by atoms with E-state index in [4.69, 9.17) is 5.11 Å². The number of benzene rings is 1. The molecule has 1 aromatic rings. The van der Waals surface area contributed by atoms with Crippen LogP contribution in [0.2, 0.25) is 0 Å². The number of nitrogens with one attached hydrogen (secondary N) is 1. The van der Waals surface area contributed by atoms with Crippen molar-refractivity contribution in [3.8, 4) is 0 Å². The molecule has 0 bridgehead atoms. The predicted octanol–water partition coefficient (Wildman–Crippen LogP) is 2.58. The first-order valence-electron chi connectivity index (χ1n) is 5.65. The summed E-state index contributed by atoms with van der Waals surface area (Å²) >= 11 is 0. The van der Waals surface area contributed by atoms with Crippen LogP contribution in [0.1, 0.15) is 19.4 Å². The van der Waals surface area contributed by atoms with Gasteiger partial charge in [0.1, 0.15) is 6.04 Å².